The van der Waals surface area contributed by atoms with E-state index in [0.29, 0.717) is 11.3 Å². The summed E-state index contributed by atoms with van der Waals surface area (Å²) in [4.78, 5) is 39.1. The molecule has 1 aliphatic rings. The van der Waals surface area contributed by atoms with Gasteiger partial charge in [-0.2, -0.15) is 0 Å². The van der Waals surface area contributed by atoms with Gasteiger partial charge in [0, 0.05) is 27.0 Å². The molecule has 0 unspecified atom stereocenters. The Morgan fingerprint density at radius 3 is 2.09 bits per heavy atom. The van der Waals surface area contributed by atoms with Crippen molar-refractivity contribution < 1.29 is 14.4 Å². The molecule has 0 saturated carbocycles. The zero-order chi connectivity index (χ0) is 24.6. The Morgan fingerprint density at radius 1 is 0.824 bits per heavy atom. The molecule has 0 aromatic heterocycles. The Balaban J connectivity index is 1.50. The number of benzene rings is 3. The molecule has 0 aliphatic carbocycles. The lowest BCUT2D eigenvalue weighted by molar-refractivity contribution is -0.120. The average molecular weight is 515 g/mol. The standard InChI is InChI=1S/C25H18Cl3N3O3/c1-13-3-8-20(14(2)9-13)30-23(32)15-4-6-18(7-5-15)29-22-21(28)24(33)31(25(22)34)19-11-16(26)10-17(27)12-19/h3-12,29H,1-2H3,(H,30,32). The predicted octanol–water partition coefficient (Wildman–Crippen LogP) is 6.30. The van der Waals surface area contributed by atoms with Crippen LogP contribution in [0, 0.1) is 13.8 Å². The van der Waals surface area contributed by atoms with Crippen LogP contribution in [0.25, 0.3) is 0 Å². The number of halogens is 3. The molecule has 1 heterocycles. The summed E-state index contributed by atoms with van der Waals surface area (Å²) in [6, 6.07) is 16.6. The second kappa shape index (κ2) is 9.50. The normalized spacial score (nSPS) is 13.5. The highest BCUT2D eigenvalue weighted by atomic mass is 35.5. The van der Waals surface area contributed by atoms with Gasteiger partial charge in [0.1, 0.15) is 10.7 Å². The topological polar surface area (TPSA) is 78.5 Å². The third-order valence-corrected chi connectivity index (χ3v) is 5.97. The number of carbonyl (C=O) groups excluding carboxylic acids is 3. The molecule has 0 atom stereocenters. The van der Waals surface area contributed by atoms with E-state index in [1.165, 1.54) is 18.2 Å². The smallest absolute Gasteiger partial charge is 0.283 e. The van der Waals surface area contributed by atoms with Crippen LogP contribution in [0.3, 0.4) is 0 Å². The van der Waals surface area contributed by atoms with Crippen molar-refractivity contribution in [2.75, 3.05) is 15.5 Å². The number of amides is 3. The minimum Gasteiger partial charge on any atom is -0.350 e. The zero-order valence-electron chi connectivity index (χ0n) is 18.1. The lowest BCUT2D eigenvalue weighted by Gasteiger charge is -2.16. The largest absolute Gasteiger partial charge is 0.350 e. The van der Waals surface area contributed by atoms with Crippen molar-refractivity contribution in [1.29, 1.82) is 0 Å². The quantitative estimate of drug-likeness (QED) is 0.392. The first kappa shape index (κ1) is 23.8. The van der Waals surface area contributed by atoms with E-state index < -0.39 is 11.8 Å². The summed E-state index contributed by atoms with van der Waals surface area (Å²) in [5.41, 5.74) is 3.82. The molecular formula is C25H18Cl3N3O3. The maximum atomic E-state index is 12.9. The van der Waals surface area contributed by atoms with Crippen molar-refractivity contribution in [1.82, 2.24) is 0 Å². The third kappa shape index (κ3) is 4.80. The van der Waals surface area contributed by atoms with Crippen molar-refractivity contribution in [2.24, 2.45) is 0 Å². The van der Waals surface area contributed by atoms with Crippen LogP contribution >= 0.6 is 34.8 Å². The fourth-order valence-electron chi connectivity index (χ4n) is 3.51. The highest BCUT2D eigenvalue weighted by molar-refractivity contribution is 6.53. The van der Waals surface area contributed by atoms with Crippen LogP contribution in [-0.4, -0.2) is 17.7 Å². The average Bonchev–Trinajstić information content (AvgIpc) is 2.98. The molecule has 6 nitrogen and oxygen atoms in total. The van der Waals surface area contributed by atoms with E-state index in [-0.39, 0.29) is 32.4 Å². The highest BCUT2D eigenvalue weighted by Gasteiger charge is 2.39. The molecule has 3 aromatic rings. The molecule has 2 N–H and O–H groups in total. The van der Waals surface area contributed by atoms with E-state index in [1.54, 1.807) is 24.3 Å². The Kier molecular flexibility index (Phi) is 6.66. The molecule has 0 radical (unpaired) electrons. The number of rotatable bonds is 5. The van der Waals surface area contributed by atoms with Crippen LogP contribution in [0.15, 0.2) is 71.4 Å². The van der Waals surface area contributed by atoms with E-state index in [4.69, 9.17) is 34.8 Å². The van der Waals surface area contributed by atoms with Crippen LogP contribution in [0.4, 0.5) is 17.1 Å². The van der Waals surface area contributed by atoms with Crippen molar-refractivity contribution in [2.45, 2.75) is 13.8 Å². The fourth-order valence-corrected chi connectivity index (χ4v) is 4.24. The maximum absolute atomic E-state index is 12.9. The van der Waals surface area contributed by atoms with E-state index in [0.717, 1.165) is 21.7 Å². The molecule has 34 heavy (non-hydrogen) atoms. The van der Waals surface area contributed by atoms with Crippen molar-refractivity contribution in [3.8, 4) is 0 Å². The first-order valence-corrected chi connectivity index (χ1v) is 11.3. The number of imide groups is 1. The van der Waals surface area contributed by atoms with Gasteiger partial charge in [-0.15, -0.1) is 0 Å². The number of nitrogens with zero attached hydrogens (tertiary/aromatic N) is 1. The van der Waals surface area contributed by atoms with E-state index >= 15 is 0 Å². The Morgan fingerprint density at radius 2 is 1.47 bits per heavy atom. The van der Waals surface area contributed by atoms with E-state index in [9.17, 15) is 14.4 Å². The third-order valence-electron chi connectivity index (χ3n) is 5.18. The van der Waals surface area contributed by atoms with Gasteiger partial charge in [0.15, 0.2) is 0 Å². The summed E-state index contributed by atoms with van der Waals surface area (Å²) in [7, 11) is 0. The second-order valence-corrected chi connectivity index (χ2v) is 8.99. The summed E-state index contributed by atoms with van der Waals surface area (Å²) >= 11 is 18.2. The molecule has 0 fully saturated rings. The Bertz CT molecular complexity index is 1350. The summed E-state index contributed by atoms with van der Waals surface area (Å²) in [6.07, 6.45) is 0. The van der Waals surface area contributed by atoms with Crippen molar-refractivity contribution >= 4 is 69.6 Å². The second-order valence-electron chi connectivity index (χ2n) is 7.74. The molecule has 0 bridgehead atoms. The lowest BCUT2D eigenvalue weighted by atomic mass is 10.1. The van der Waals surface area contributed by atoms with Gasteiger partial charge in [-0.1, -0.05) is 52.5 Å². The first-order valence-electron chi connectivity index (χ1n) is 10.1. The summed E-state index contributed by atoms with van der Waals surface area (Å²) in [5.74, 6) is -1.62. The van der Waals surface area contributed by atoms with Gasteiger partial charge in [-0.25, -0.2) is 4.90 Å². The van der Waals surface area contributed by atoms with Crippen LogP contribution in [0.2, 0.25) is 10.0 Å². The number of hydrogen-bond acceptors (Lipinski definition) is 4. The molecule has 4 rings (SSSR count). The molecule has 172 valence electrons. The van der Waals surface area contributed by atoms with Gasteiger partial charge in [-0.05, 0) is 67.9 Å². The number of carbonyl (C=O) groups is 3. The van der Waals surface area contributed by atoms with E-state index in [1.807, 2.05) is 32.0 Å². The fraction of sp³-hybridized carbons (Fsp3) is 0.0800. The van der Waals surface area contributed by atoms with E-state index in [2.05, 4.69) is 10.6 Å². The molecule has 0 spiro atoms. The van der Waals surface area contributed by atoms with Gasteiger partial charge in [-0.3, -0.25) is 14.4 Å². The Hall–Kier alpha value is -3.32. The summed E-state index contributed by atoms with van der Waals surface area (Å²) < 4.78 is 0. The zero-order valence-corrected chi connectivity index (χ0v) is 20.3. The van der Waals surface area contributed by atoms with Gasteiger partial charge < -0.3 is 10.6 Å². The molecule has 3 aromatic carbocycles. The summed E-state index contributed by atoms with van der Waals surface area (Å²) in [6.45, 7) is 3.91. The van der Waals surface area contributed by atoms with Gasteiger partial charge >= 0.3 is 0 Å². The Labute approximate surface area is 211 Å². The molecule has 0 saturated heterocycles. The van der Waals surface area contributed by atoms with Crippen molar-refractivity contribution in [3.63, 3.8) is 0 Å². The number of nitrogens with one attached hydrogen (secondary N) is 2. The van der Waals surface area contributed by atoms with Crippen LogP contribution < -0.4 is 15.5 Å². The predicted molar refractivity (Wildman–Crippen MR) is 136 cm³/mol. The lowest BCUT2D eigenvalue weighted by Crippen LogP contribution is -2.32. The number of aryl methyl sites for hydroxylation is 2. The van der Waals surface area contributed by atoms with Crippen LogP contribution in [0.1, 0.15) is 21.5 Å². The number of hydrogen-bond donors (Lipinski definition) is 2. The maximum Gasteiger partial charge on any atom is 0.283 e. The summed E-state index contributed by atoms with van der Waals surface area (Å²) in [5, 5.41) is 6.03. The number of anilines is 3. The minimum absolute atomic E-state index is 0.0877. The van der Waals surface area contributed by atoms with Gasteiger partial charge in [0.2, 0.25) is 0 Å². The highest BCUT2D eigenvalue weighted by Crippen LogP contribution is 2.33. The van der Waals surface area contributed by atoms with Gasteiger partial charge in [0.05, 0.1) is 5.69 Å². The monoisotopic (exact) mass is 513 g/mol. The van der Waals surface area contributed by atoms with Gasteiger partial charge in [0.25, 0.3) is 17.7 Å². The SMILES string of the molecule is Cc1ccc(NC(=O)c2ccc(NC3=C(Cl)C(=O)N(c4cc(Cl)cc(Cl)c4)C3=O)cc2)c(C)c1. The van der Waals surface area contributed by atoms with Crippen LogP contribution in [-0.2, 0) is 9.59 Å². The molecular weight excluding hydrogens is 497 g/mol. The van der Waals surface area contributed by atoms with Crippen molar-refractivity contribution in [3.05, 3.63) is 98.1 Å². The molecule has 1 aliphatic heterocycles. The molecule has 3 amide bonds. The molecule has 9 heteroatoms. The first-order chi connectivity index (χ1) is 16.1. The van der Waals surface area contributed by atoms with Crippen LogP contribution in [0.5, 0.6) is 0 Å². The minimum atomic E-state index is -0.697.